The van der Waals surface area contributed by atoms with E-state index in [-0.39, 0.29) is 44.8 Å². The first-order valence-corrected chi connectivity index (χ1v) is 14.7. The Morgan fingerprint density at radius 2 is 0.976 bits per heavy atom. The summed E-state index contributed by atoms with van der Waals surface area (Å²) in [6.45, 7) is 8.38. The molecule has 42 heavy (non-hydrogen) atoms. The molecule has 0 N–H and O–H groups in total. The van der Waals surface area contributed by atoms with E-state index in [9.17, 15) is 0 Å². The summed E-state index contributed by atoms with van der Waals surface area (Å²) >= 11 is 0. The summed E-state index contributed by atoms with van der Waals surface area (Å²) in [6, 6.07) is 49.1. The van der Waals surface area contributed by atoms with Crippen molar-refractivity contribution in [3.8, 4) is 11.8 Å². The Bertz CT molecular complexity index is 1400. The van der Waals surface area contributed by atoms with Crippen molar-refractivity contribution in [2.24, 2.45) is 0 Å². The van der Waals surface area contributed by atoms with Crippen molar-refractivity contribution in [3.05, 3.63) is 194 Å². The van der Waals surface area contributed by atoms with Crippen LogP contribution in [0.25, 0.3) is 6.08 Å². The standard InChI is InChI=1S/C23H22P.2C8H5.2Au/c1-3-20-14-16-21(17-15-20)18-19(2)24(22-10-6-4-7-11-22)23-12-8-5-9-13-23;2*1-2-8-6-4-3-5-7-8;;/h3-17,19H,1-2,18H2;2*3-7H;;/q3*-1;;+1/p+1. The molecule has 5 aromatic carbocycles. The van der Waals surface area contributed by atoms with Crippen molar-refractivity contribution < 1.29 is 44.8 Å². The first-order valence-electron chi connectivity index (χ1n) is 13.1. The van der Waals surface area contributed by atoms with Gasteiger partial charge in [0, 0.05) is 30.3 Å². The van der Waals surface area contributed by atoms with Crippen LogP contribution < -0.4 is 10.6 Å². The van der Waals surface area contributed by atoms with E-state index in [4.69, 9.17) is 12.8 Å². The smallest absolute Gasteiger partial charge is 0.366 e. The average molecular weight is 927 g/mol. The molecule has 0 aromatic heterocycles. The fraction of sp³-hybridized carbons (Fsp3) is 0.0513. The summed E-state index contributed by atoms with van der Waals surface area (Å²) in [6.07, 6.45) is 16.3. The molecule has 1 radical (unpaired) electrons. The number of hydrogen-bond acceptors (Lipinski definition) is 0. The van der Waals surface area contributed by atoms with Gasteiger partial charge < -0.3 is 19.8 Å². The van der Waals surface area contributed by atoms with Gasteiger partial charge in [-0.15, -0.1) is 35.4 Å². The topological polar surface area (TPSA) is 0 Å². The van der Waals surface area contributed by atoms with Crippen LogP contribution in [0.2, 0.25) is 0 Å². The fourth-order valence-corrected chi connectivity index (χ4v) is 6.91. The first kappa shape index (κ1) is 36.9. The van der Waals surface area contributed by atoms with Gasteiger partial charge >= 0.3 is 22.4 Å². The van der Waals surface area contributed by atoms with Crippen molar-refractivity contribution in [3.63, 3.8) is 0 Å². The molecule has 0 spiro atoms. The second-order valence-corrected chi connectivity index (χ2v) is 11.8. The quantitative estimate of drug-likeness (QED) is 0.0699. The molecular weight excluding hydrogens is 893 g/mol. The maximum absolute atomic E-state index is 6.69. The Labute approximate surface area is 285 Å². The fourth-order valence-electron chi connectivity index (χ4n) is 4.09. The zero-order chi connectivity index (χ0) is 28.4. The molecule has 0 bridgehead atoms. The van der Waals surface area contributed by atoms with E-state index >= 15 is 0 Å². The van der Waals surface area contributed by atoms with E-state index < -0.39 is 7.92 Å². The first-order chi connectivity index (χ1) is 19.6. The minimum absolute atomic E-state index is 0. The second-order valence-electron chi connectivity index (χ2n) is 8.97. The Hall–Kier alpha value is -3.13. The van der Waals surface area contributed by atoms with Crippen molar-refractivity contribution >= 4 is 24.6 Å². The number of benzene rings is 5. The molecule has 0 aliphatic carbocycles. The van der Waals surface area contributed by atoms with Crippen LogP contribution in [-0.2, 0) is 51.2 Å². The Balaban J connectivity index is 0.000000402. The number of hydrogen-bond donors (Lipinski definition) is 0. The molecule has 0 aliphatic rings. The molecule has 5 aromatic rings. The molecular formula is C39H33Au2P-. The van der Waals surface area contributed by atoms with Gasteiger partial charge in [0.25, 0.3) is 0 Å². The summed E-state index contributed by atoms with van der Waals surface area (Å²) in [5, 5.41) is 2.85. The van der Waals surface area contributed by atoms with E-state index in [0.29, 0.717) is 5.66 Å². The molecule has 0 heterocycles. The molecule has 3 heteroatoms. The van der Waals surface area contributed by atoms with Gasteiger partial charge in [-0.05, 0) is 47.5 Å². The molecule has 1 unspecified atom stereocenters. The molecule has 0 amide bonds. The van der Waals surface area contributed by atoms with Gasteiger partial charge in [-0.1, -0.05) is 110 Å². The van der Waals surface area contributed by atoms with Crippen LogP contribution in [0.1, 0.15) is 22.3 Å². The molecule has 0 nitrogen and oxygen atoms in total. The van der Waals surface area contributed by atoms with Crippen molar-refractivity contribution in [2.75, 3.05) is 0 Å². The van der Waals surface area contributed by atoms with E-state index in [1.807, 2.05) is 66.7 Å². The van der Waals surface area contributed by atoms with Crippen molar-refractivity contribution in [2.45, 2.75) is 12.1 Å². The summed E-state index contributed by atoms with van der Waals surface area (Å²) in [7, 11) is -0.922. The third-order valence-corrected chi connectivity index (χ3v) is 9.04. The minimum Gasteiger partial charge on any atom is -0.366 e. The van der Waals surface area contributed by atoms with Gasteiger partial charge in [-0.3, -0.25) is 11.8 Å². The van der Waals surface area contributed by atoms with Gasteiger partial charge in [-0.25, -0.2) is 0 Å². The molecule has 0 aliphatic heterocycles. The van der Waals surface area contributed by atoms with Gasteiger partial charge in [0.15, 0.2) is 0 Å². The Kier molecular flexibility index (Phi) is 18.9. The second kappa shape index (κ2) is 21.6. The van der Waals surface area contributed by atoms with Crippen molar-refractivity contribution in [1.82, 2.24) is 0 Å². The Morgan fingerprint density at radius 1 is 0.619 bits per heavy atom. The normalized spacial score (nSPS) is 9.90. The molecule has 0 saturated carbocycles. The van der Waals surface area contributed by atoms with E-state index in [0.717, 1.165) is 23.1 Å². The summed E-state index contributed by atoms with van der Waals surface area (Å²) in [5.74, 6) is 4.55. The monoisotopic (exact) mass is 926 g/mol. The van der Waals surface area contributed by atoms with Crippen LogP contribution in [0.4, 0.5) is 0 Å². The summed E-state index contributed by atoms with van der Waals surface area (Å²) < 4.78 is 0. The van der Waals surface area contributed by atoms with Gasteiger partial charge in [0.05, 0.1) is 10.6 Å². The third-order valence-electron chi connectivity index (χ3n) is 6.11. The van der Waals surface area contributed by atoms with Crippen LogP contribution >= 0.6 is 7.92 Å². The zero-order valence-corrected chi connectivity index (χ0v) is 28.6. The van der Waals surface area contributed by atoms with Crippen LogP contribution in [0.15, 0.2) is 152 Å². The largest absolute Gasteiger partial charge is 1.00 e. The van der Waals surface area contributed by atoms with Crippen LogP contribution in [0.5, 0.6) is 0 Å². The SMILES string of the molecule is C=Cc1ccc(CC([CH2-])[PH+](c2ccccc2)c2ccccc2)cc1.[Au+].[Au].[C-]#Cc1ccccc1.[C-]#Cc1ccccc1. The Morgan fingerprint density at radius 3 is 1.29 bits per heavy atom. The van der Waals surface area contributed by atoms with Crippen LogP contribution in [-0.4, -0.2) is 5.66 Å². The predicted molar refractivity (Wildman–Crippen MR) is 175 cm³/mol. The van der Waals surface area contributed by atoms with Gasteiger partial charge in [0.2, 0.25) is 0 Å². The zero-order valence-electron chi connectivity index (χ0n) is 23.2. The van der Waals surface area contributed by atoms with Gasteiger partial charge in [-0.2, -0.15) is 0 Å². The maximum Gasteiger partial charge on any atom is 1.00 e. The van der Waals surface area contributed by atoms with Crippen LogP contribution in [0, 0.1) is 31.6 Å². The van der Waals surface area contributed by atoms with Crippen LogP contribution in [0.3, 0.4) is 0 Å². The third kappa shape index (κ3) is 12.8. The number of rotatable bonds is 6. The van der Waals surface area contributed by atoms with E-state index in [2.05, 4.69) is 110 Å². The predicted octanol–water partition coefficient (Wildman–Crippen LogP) is 8.18. The van der Waals surface area contributed by atoms with E-state index in [1.165, 1.54) is 16.2 Å². The molecule has 1 atom stereocenters. The maximum atomic E-state index is 6.69. The molecule has 0 saturated heterocycles. The van der Waals surface area contributed by atoms with E-state index in [1.54, 1.807) is 0 Å². The molecule has 5 rings (SSSR count). The molecule has 0 fully saturated rings. The molecule has 217 valence electrons. The minimum atomic E-state index is -0.922. The van der Waals surface area contributed by atoms with Gasteiger partial charge in [0.1, 0.15) is 0 Å². The summed E-state index contributed by atoms with van der Waals surface area (Å²) in [5.41, 5.74) is 4.53. The average Bonchev–Trinajstić information content (AvgIpc) is 3.04. The summed E-state index contributed by atoms with van der Waals surface area (Å²) in [4.78, 5) is 0. The van der Waals surface area contributed by atoms with Crippen molar-refractivity contribution in [1.29, 1.82) is 0 Å².